The molecule has 0 saturated carbocycles. The average Bonchev–Trinajstić information content (AvgIpc) is 3.31. The fraction of sp³-hybridized carbons (Fsp3) is 0.448. The zero-order valence-corrected chi connectivity index (χ0v) is 21.2. The molecule has 2 aliphatic heterocycles. The van der Waals surface area contributed by atoms with Crippen LogP contribution < -0.4 is 5.32 Å². The molecule has 0 spiro atoms. The molecule has 1 saturated heterocycles. The summed E-state index contributed by atoms with van der Waals surface area (Å²) in [5.41, 5.74) is 7.88. The highest BCUT2D eigenvalue weighted by atomic mass is 15.3. The van der Waals surface area contributed by atoms with Crippen LogP contribution in [0.25, 0.3) is 11.3 Å². The normalized spacial score (nSPS) is 17.8. The number of allylic oxidation sites excluding steroid dienone is 1. The van der Waals surface area contributed by atoms with Crippen molar-refractivity contribution in [1.29, 1.82) is 0 Å². The minimum Gasteiger partial charge on any atom is -0.383 e. The van der Waals surface area contributed by atoms with Crippen molar-refractivity contribution in [2.24, 2.45) is 5.92 Å². The van der Waals surface area contributed by atoms with Crippen LogP contribution in [0.1, 0.15) is 55.1 Å². The highest BCUT2D eigenvalue weighted by Gasteiger charge is 2.22. The van der Waals surface area contributed by atoms with Crippen molar-refractivity contribution in [3.05, 3.63) is 84.0 Å². The third kappa shape index (κ3) is 5.43. The van der Waals surface area contributed by atoms with E-state index in [1.54, 1.807) is 0 Å². The number of hydrogen-bond acceptors (Lipinski definition) is 5. The summed E-state index contributed by atoms with van der Waals surface area (Å²) in [5, 5.41) is 8.42. The van der Waals surface area contributed by atoms with Crippen LogP contribution in [0.15, 0.2) is 61.4 Å². The van der Waals surface area contributed by atoms with Crippen LogP contribution in [-0.4, -0.2) is 57.1 Å². The van der Waals surface area contributed by atoms with Gasteiger partial charge in [-0.2, -0.15) is 5.10 Å². The molecule has 2 aliphatic rings. The smallest absolute Gasteiger partial charge is 0.154 e. The lowest BCUT2D eigenvalue weighted by Gasteiger charge is -2.33. The molecule has 1 N–H and O–H groups in total. The van der Waals surface area contributed by atoms with Gasteiger partial charge >= 0.3 is 0 Å². The van der Waals surface area contributed by atoms with Crippen LogP contribution in [-0.2, 0) is 13.0 Å². The van der Waals surface area contributed by atoms with Crippen molar-refractivity contribution < 1.29 is 0 Å². The summed E-state index contributed by atoms with van der Waals surface area (Å²) >= 11 is 0. The Morgan fingerprint density at radius 1 is 1.09 bits per heavy atom. The molecular formula is C29H38N6. The molecule has 6 nitrogen and oxygen atoms in total. The molecule has 1 fully saturated rings. The van der Waals surface area contributed by atoms with Crippen LogP contribution in [0.2, 0.25) is 0 Å². The zero-order chi connectivity index (χ0) is 24.4. The Labute approximate surface area is 209 Å². The van der Waals surface area contributed by atoms with E-state index >= 15 is 0 Å². The van der Waals surface area contributed by atoms with Crippen molar-refractivity contribution >= 4 is 11.3 Å². The molecule has 1 atom stereocenters. The molecular weight excluding hydrogens is 432 g/mol. The summed E-state index contributed by atoms with van der Waals surface area (Å²) in [7, 11) is 0. The zero-order valence-electron chi connectivity index (χ0n) is 21.2. The molecule has 4 heterocycles. The van der Waals surface area contributed by atoms with Gasteiger partial charge in [0.1, 0.15) is 5.69 Å². The van der Waals surface area contributed by atoms with E-state index in [-0.39, 0.29) is 0 Å². The lowest BCUT2D eigenvalue weighted by molar-refractivity contribution is 0.220. The molecule has 1 unspecified atom stereocenters. The molecule has 0 bridgehead atoms. The quantitative estimate of drug-likeness (QED) is 0.517. The van der Waals surface area contributed by atoms with E-state index in [0.717, 1.165) is 87.0 Å². The molecule has 0 radical (unpaired) electrons. The first kappa shape index (κ1) is 23.6. The van der Waals surface area contributed by atoms with Gasteiger partial charge in [0.25, 0.3) is 0 Å². The van der Waals surface area contributed by atoms with Crippen molar-refractivity contribution in [1.82, 2.24) is 29.7 Å². The van der Waals surface area contributed by atoms with E-state index in [0.29, 0.717) is 11.8 Å². The number of benzene rings is 1. The lowest BCUT2D eigenvalue weighted by Crippen LogP contribution is -2.36. The Balaban J connectivity index is 1.15. The van der Waals surface area contributed by atoms with E-state index in [9.17, 15) is 0 Å². The largest absolute Gasteiger partial charge is 0.383 e. The standard InChI is InChI=1S/C29H38N6/c1-21(2)34-15-12-25(13-16-34)27-9-10-29-31-28(20-35(29)32-27)23(4)30-17-22(3)18-33-14-11-24-7-5-6-8-26(24)19-33/h5-10,20,22,25,30H,1,4,11-19H2,2-3H3. The van der Waals surface area contributed by atoms with Gasteiger partial charge in [-0.25, -0.2) is 9.50 Å². The number of nitrogens with zero attached hydrogens (tertiary/aromatic N) is 5. The van der Waals surface area contributed by atoms with Crippen molar-refractivity contribution in [2.45, 2.75) is 45.6 Å². The summed E-state index contributed by atoms with van der Waals surface area (Å²) in [6, 6.07) is 13.1. The fourth-order valence-corrected chi connectivity index (χ4v) is 5.42. The number of likely N-dealkylation sites (tertiary alicyclic amines) is 1. The molecule has 0 amide bonds. The molecule has 5 rings (SSSR count). The second-order valence-corrected chi connectivity index (χ2v) is 10.4. The Morgan fingerprint density at radius 2 is 1.86 bits per heavy atom. The molecule has 184 valence electrons. The number of rotatable bonds is 8. The first-order valence-corrected chi connectivity index (χ1v) is 13.0. The monoisotopic (exact) mass is 470 g/mol. The van der Waals surface area contributed by atoms with Crippen LogP contribution in [0, 0.1) is 5.92 Å². The third-order valence-electron chi connectivity index (χ3n) is 7.55. The summed E-state index contributed by atoms with van der Waals surface area (Å²) in [5.74, 6) is 1.01. The lowest BCUT2D eigenvalue weighted by atomic mass is 9.93. The average molecular weight is 471 g/mol. The number of aromatic nitrogens is 3. The van der Waals surface area contributed by atoms with Gasteiger partial charge in [-0.1, -0.05) is 44.3 Å². The number of fused-ring (bicyclic) bond motifs is 2. The van der Waals surface area contributed by atoms with Crippen molar-refractivity contribution in [3.63, 3.8) is 0 Å². The SMILES string of the molecule is C=C(NCC(C)CN1CCc2ccccc2C1)c1cn2nc(C3CCN(C(=C)C)CC3)ccc2n1. The Kier molecular flexibility index (Phi) is 6.91. The minimum absolute atomic E-state index is 0.491. The maximum atomic E-state index is 4.90. The van der Waals surface area contributed by atoms with Gasteiger partial charge in [0.15, 0.2) is 5.65 Å². The van der Waals surface area contributed by atoms with Gasteiger partial charge in [0, 0.05) is 50.9 Å². The number of nitrogens with one attached hydrogen (secondary N) is 1. The predicted octanol–water partition coefficient (Wildman–Crippen LogP) is 4.70. The predicted molar refractivity (Wildman–Crippen MR) is 143 cm³/mol. The Hall–Kier alpha value is -3.12. The van der Waals surface area contributed by atoms with Gasteiger partial charge in [0.05, 0.1) is 17.6 Å². The van der Waals surface area contributed by atoms with E-state index in [1.165, 1.54) is 11.1 Å². The molecule has 2 aromatic heterocycles. The highest BCUT2D eigenvalue weighted by Crippen LogP contribution is 2.28. The maximum Gasteiger partial charge on any atom is 0.154 e. The summed E-state index contributed by atoms with van der Waals surface area (Å²) < 4.78 is 1.91. The summed E-state index contributed by atoms with van der Waals surface area (Å²) in [6.45, 7) is 19.0. The fourth-order valence-electron chi connectivity index (χ4n) is 5.42. The van der Waals surface area contributed by atoms with E-state index < -0.39 is 0 Å². The third-order valence-corrected chi connectivity index (χ3v) is 7.55. The molecule has 1 aromatic carbocycles. The Bertz CT molecular complexity index is 1200. The summed E-state index contributed by atoms with van der Waals surface area (Å²) in [4.78, 5) is 9.69. The number of hydrogen-bond donors (Lipinski definition) is 1. The van der Waals surface area contributed by atoms with Gasteiger partial charge in [-0.15, -0.1) is 0 Å². The van der Waals surface area contributed by atoms with Crippen molar-refractivity contribution in [3.8, 4) is 0 Å². The number of piperidine rings is 1. The van der Waals surface area contributed by atoms with Gasteiger partial charge in [-0.3, -0.25) is 4.90 Å². The van der Waals surface area contributed by atoms with Gasteiger partial charge in [0.2, 0.25) is 0 Å². The molecule has 35 heavy (non-hydrogen) atoms. The van der Waals surface area contributed by atoms with Crippen molar-refractivity contribution in [2.75, 3.05) is 32.7 Å². The maximum absolute atomic E-state index is 4.90. The summed E-state index contributed by atoms with van der Waals surface area (Å²) in [6.07, 6.45) is 5.37. The van der Waals surface area contributed by atoms with Gasteiger partial charge < -0.3 is 10.2 Å². The first-order valence-electron chi connectivity index (χ1n) is 13.0. The topological polar surface area (TPSA) is 48.7 Å². The Morgan fingerprint density at radius 3 is 2.63 bits per heavy atom. The van der Waals surface area contributed by atoms with E-state index in [4.69, 9.17) is 10.1 Å². The second-order valence-electron chi connectivity index (χ2n) is 10.4. The van der Waals surface area contributed by atoms with Crippen LogP contribution in [0.3, 0.4) is 0 Å². The van der Waals surface area contributed by atoms with E-state index in [1.807, 2.05) is 10.7 Å². The molecule has 6 heteroatoms. The number of imidazole rings is 1. The first-order chi connectivity index (χ1) is 17.0. The van der Waals surface area contributed by atoms with Crippen LogP contribution in [0.4, 0.5) is 0 Å². The van der Waals surface area contributed by atoms with Gasteiger partial charge in [-0.05, 0) is 55.4 Å². The second kappa shape index (κ2) is 10.2. The minimum atomic E-state index is 0.491. The highest BCUT2D eigenvalue weighted by molar-refractivity contribution is 5.60. The van der Waals surface area contributed by atoms with Crippen LogP contribution in [0.5, 0.6) is 0 Å². The van der Waals surface area contributed by atoms with E-state index in [2.05, 4.69) is 78.5 Å². The molecule has 3 aromatic rings. The molecule has 0 aliphatic carbocycles. The van der Waals surface area contributed by atoms with Crippen LogP contribution >= 0.6 is 0 Å².